The zero-order chi connectivity index (χ0) is 24.4. The Hall–Kier alpha value is -1.73. The Bertz CT molecular complexity index is 662. The Morgan fingerprint density at radius 1 is 1.09 bits per heavy atom. The second-order valence-corrected chi connectivity index (χ2v) is 10.1. The van der Waals surface area contributed by atoms with E-state index < -0.39 is 11.1 Å². The molecule has 0 aromatic rings. The Morgan fingerprint density at radius 2 is 1.78 bits per heavy atom. The van der Waals surface area contributed by atoms with Gasteiger partial charge in [0, 0.05) is 25.6 Å². The lowest BCUT2D eigenvalue weighted by Crippen LogP contribution is -2.59. The van der Waals surface area contributed by atoms with Gasteiger partial charge in [-0.2, -0.15) is 0 Å². The van der Waals surface area contributed by atoms with E-state index in [2.05, 4.69) is 10.6 Å². The van der Waals surface area contributed by atoms with Crippen LogP contribution in [0.4, 0.5) is 4.79 Å². The SMILES string of the molecule is CC(C)N[C@]1(C)CCCCC=CCOC(=O)N(C)CCC[C@@](C)(C(=O)C(C)C)NCC1=O. The van der Waals surface area contributed by atoms with E-state index >= 15 is 0 Å². The Balaban J connectivity index is 3.07. The van der Waals surface area contributed by atoms with Crippen molar-refractivity contribution in [1.82, 2.24) is 15.5 Å². The topological polar surface area (TPSA) is 87.7 Å². The van der Waals surface area contributed by atoms with E-state index in [0.29, 0.717) is 19.4 Å². The molecule has 0 fully saturated rings. The van der Waals surface area contributed by atoms with Gasteiger partial charge < -0.3 is 15.0 Å². The molecule has 0 aliphatic carbocycles. The molecular weight excluding hydrogens is 406 g/mol. The van der Waals surface area contributed by atoms with E-state index in [-0.39, 0.29) is 42.8 Å². The van der Waals surface area contributed by atoms with Gasteiger partial charge in [-0.1, -0.05) is 32.4 Å². The van der Waals surface area contributed by atoms with Gasteiger partial charge in [0.2, 0.25) is 0 Å². The summed E-state index contributed by atoms with van der Waals surface area (Å²) in [5.74, 6) is -0.00459. The maximum Gasteiger partial charge on any atom is 0.409 e. The lowest BCUT2D eigenvalue weighted by molar-refractivity contribution is -0.129. The number of hydrogen-bond acceptors (Lipinski definition) is 6. The number of nitrogens with zero attached hydrogens (tertiary/aromatic N) is 1. The lowest BCUT2D eigenvalue weighted by Gasteiger charge is -2.35. The number of cyclic esters (lactones) is 1. The maximum absolute atomic E-state index is 13.3. The van der Waals surface area contributed by atoms with Gasteiger partial charge >= 0.3 is 6.09 Å². The fourth-order valence-electron chi connectivity index (χ4n) is 4.25. The molecule has 1 heterocycles. The first-order chi connectivity index (χ1) is 14.9. The lowest BCUT2D eigenvalue weighted by atomic mass is 9.83. The number of carbonyl (C=O) groups excluding carboxylic acids is 3. The number of ether oxygens (including phenoxy) is 1. The number of carbonyl (C=O) groups is 3. The van der Waals surface area contributed by atoms with E-state index in [1.54, 1.807) is 7.05 Å². The van der Waals surface area contributed by atoms with Crippen LogP contribution in [-0.4, -0.2) is 66.4 Å². The summed E-state index contributed by atoms with van der Waals surface area (Å²) in [6.07, 6.45) is 8.13. The molecule has 1 rings (SSSR count). The van der Waals surface area contributed by atoms with E-state index in [9.17, 15) is 14.4 Å². The van der Waals surface area contributed by atoms with Crippen LogP contribution < -0.4 is 10.6 Å². The molecule has 0 unspecified atom stereocenters. The highest BCUT2D eigenvalue weighted by Crippen LogP contribution is 2.22. The molecule has 2 N–H and O–H groups in total. The number of rotatable bonds is 4. The molecular formula is C25H45N3O4. The van der Waals surface area contributed by atoms with Gasteiger partial charge in [0.1, 0.15) is 6.61 Å². The first-order valence-electron chi connectivity index (χ1n) is 12.0. The summed E-state index contributed by atoms with van der Waals surface area (Å²) in [5, 5.41) is 6.76. The zero-order valence-corrected chi connectivity index (χ0v) is 21.3. The van der Waals surface area contributed by atoms with Gasteiger partial charge in [0.05, 0.1) is 17.6 Å². The van der Waals surface area contributed by atoms with Gasteiger partial charge in [-0.15, -0.1) is 0 Å². The molecule has 1 amide bonds. The molecule has 1 aliphatic rings. The first-order valence-corrected chi connectivity index (χ1v) is 12.0. The minimum atomic E-state index is -0.832. The quantitative estimate of drug-likeness (QED) is 0.631. The molecule has 0 aromatic carbocycles. The molecule has 0 radical (unpaired) electrons. The number of nitrogens with one attached hydrogen (secondary N) is 2. The average Bonchev–Trinajstić information content (AvgIpc) is 2.71. The number of ketones is 2. The second kappa shape index (κ2) is 13.1. The van der Waals surface area contributed by atoms with Crippen molar-refractivity contribution in [3.05, 3.63) is 12.2 Å². The van der Waals surface area contributed by atoms with Crippen molar-refractivity contribution in [1.29, 1.82) is 0 Å². The third-order valence-electron chi connectivity index (χ3n) is 6.18. The zero-order valence-electron chi connectivity index (χ0n) is 21.3. The van der Waals surface area contributed by atoms with Crippen LogP contribution in [-0.2, 0) is 14.3 Å². The van der Waals surface area contributed by atoms with Gasteiger partial charge in [-0.25, -0.2) is 4.79 Å². The van der Waals surface area contributed by atoms with Crippen LogP contribution in [0.25, 0.3) is 0 Å². The van der Waals surface area contributed by atoms with Crippen molar-refractivity contribution in [3.8, 4) is 0 Å². The van der Waals surface area contributed by atoms with Crippen molar-refractivity contribution in [2.45, 2.75) is 97.2 Å². The highest BCUT2D eigenvalue weighted by atomic mass is 16.6. The molecule has 184 valence electrons. The van der Waals surface area contributed by atoms with Crippen LogP contribution >= 0.6 is 0 Å². The number of amides is 1. The van der Waals surface area contributed by atoms with E-state index in [4.69, 9.17) is 4.74 Å². The van der Waals surface area contributed by atoms with Gasteiger partial charge in [-0.3, -0.25) is 14.9 Å². The van der Waals surface area contributed by atoms with Crippen LogP contribution in [0.5, 0.6) is 0 Å². The summed E-state index contributed by atoms with van der Waals surface area (Å²) < 4.78 is 5.29. The number of Topliss-reactive ketones (excluding diaryl/α,β-unsaturated/α-hetero) is 2. The van der Waals surface area contributed by atoms with E-state index in [1.807, 2.05) is 53.7 Å². The van der Waals surface area contributed by atoms with Gasteiger partial charge in [0.15, 0.2) is 11.6 Å². The van der Waals surface area contributed by atoms with Crippen molar-refractivity contribution in [2.24, 2.45) is 5.92 Å². The van der Waals surface area contributed by atoms with E-state index in [0.717, 1.165) is 25.7 Å². The van der Waals surface area contributed by atoms with Crippen molar-refractivity contribution >= 4 is 17.7 Å². The highest BCUT2D eigenvalue weighted by molar-refractivity contribution is 5.93. The smallest absolute Gasteiger partial charge is 0.409 e. The normalized spacial score (nSPS) is 27.8. The van der Waals surface area contributed by atoms with Crippen molar-refractivity contribution < 1.29 is 19.1 Å². The third kappa shape index (κ3) is 9.02. The van der Waals surface area contributed by atoms with Crippen LogP contribution in [0.15, 0.2) is 12.2 Å². The summed E-state index contributed by atoms with van der Waals surface area (Å²) in [6.45, 7) is 12.6. The predicted octanol–water partition coefficient (Wildman–Crippen LogP) is 3.86. The molecule has 2 atom stereocenters. The highest BCUT2D eigenvalue weighted by Gasteiger charge is 2.38. The summed E-state index contributed by atoms with van der Waals surface area (Å²) in [7, 11) is 1.70. The average molecular weight is 452 g/mol. The molecule has 7 nitrogen and oxygen atoms in total. The third-order valence-corrected chi connectivity index (χ3v) is 6.18. The van der Waals surface area contributed by atoms with Crippen LogP contribution in [0.2, 0.25) is 0 Å². The Kier molecular flexibility index (Phi) is 11.6. The van der Waals surface area contributed by atoms with Crippen LogP contribution in [0.1, 0.15) is 80.1 Å². The molecule has 32 heavy (non-hydrogen) atoms. The fraction of sp³-hybridized carbons (Fsp3) is 0.800. The molecule has 7 heteroatoms. The predicted molar refractivity (Wildman–Crippen MR) is 129 cm³/mol. The Labute approximate surface area is 194 Å². The second-order valence-electron chi connectivity index (χ2n) is 10.1. The van der Waals surface area contributed by atoms with Crippen molar-refractivity contribution in [3.63, 3.8) is 0 Å². The molecule has 0 spiro atoms. The Morgan fingerprint density at radius 3 is 2.41 bits per heavy atom. The van der Waals surface area contributed by atoms with Crippen LogP contribution in [0.3, 0.4) is 0 Å². The number of allylic oxidation sites excluding steroid dienone is 1. The standard InChI is InChI=1S/C25H45N3O4/c1-19(2)22(30)25(6)15-13-16-28(7)23(31)32-17-12-10-8-9-11-14-24(5,27-20(3)4)21(29)18-26-25/h10,12,19-20,26-27H,8-9,11,13-18H2,1-7H3/t24-,25+/m1/s1. The molecule has 0 saturated heterocycles. The summed E-state index contributed by atoms with van der Waals surface area (Å²) >= 11 is 0. The minimum Gasteiger partial charge on any atom is -0.445 e. The molecule has 0 saturated carbocycles. The van der Waals surface area contributed by atoms with E-state index in [1.165, 1.54) is 4.90 Å². The maximum atomic E-state index is 13.3. The summed E-state index contributed by atoms with van der Waals surface area (Å²) in [6, 6.07) is 0.176. The summed E-state index contributed by atoms with van der Waals surface area (Å²) in [5.41, 5.74) is -1.48. The fourth-order valence-corrected chi connectivity index (χ4v) is 4.25. The molecule has 0 bridgehead atoms. The number of hydrogen-bond donors (Lipinski definition) is 2. The largest absolute Gasteiger partial charge is 0.445 e. The van der Waals surface area contributed by atoms with Crippen LogP contribution in [0, 0.1) is 5.92 Å². The minimum absolute atomic E-state index is 0.0753. The molecule has 1 aliphatic heterocycles. The first kappa shape index (κ1) is 28.3. The monoisotopic (exact) mass is 451 g/mol. The van der Waals surface area contributed by atoms with Gasteiger partial charge in [-0.05, 0) is 59.8 Å². The summed E-state index contributed by atoms with van der Waals surface area (Å²) in [4.78, 5) is 40.0. The molecule has 0 aromatic heterocycles. The van der Waals surface area contributed by atoms with Gasteiger partial charge in [0.25, 0.3) is 0 Å². The van der Waals surface area contributed by atoms with Crippen molar-refractivity contribution in [2.75, 3.05) is 26.7 Å².